The zero-order chi connectivity index (χ0) is 7.56. The van der Waals surface area contributed by atoms with Crippen molar-refractivity contribution in [3.8, 4) is 0 Å². The van der Waals surface area contributed by atoms with Gasteiger partial charge in [-0.3, -0.25) is 4.79 Å². The van der Waals surface area contributed by atoms with Crippen LogP contribution in [0, 0.1) is 11.8 Å². The Morgan fingerprint density at radius 3 is 2.40 bits per heavy atom. The third-order valence-corrected chi connectivity index (χ3v) is 2.29. The van der Waals surface area contributed by atoms with E-state index in [-0.39, 0.29) is 5.92 Å². The average Bonchev–Trinajstić information content (AvgIpc) is 1.76. The van der Waals surface area contributed by atoms with Crippen molar-refractivity contribution in [1.82, 2.24) is 0 Å². The molecule has 0 heterocycles. The molecule has 1 fully saturated rings. The van der Waals surface area contributed by atoms with E-state index in [9.17, 15) is 4.79 Å². The molecule has 0 saturated heterocycles. The second-order valence-electron chi connectivity index (χ2n) is 2.87. The van der Waals surface area contributed by atoms with Crippen molar-refractivity contribution in [2.24, 2.45) is 17.6 Å². The van der Waals surface area contributed by atoms with Crippen LogP contribution in [0.5, 0.6) is 0 Å². The number of hydrogen-bond acceptors (Lipinski definition) is 2. The molecule has 1 aliphatic carbocycles. The van der Waals surface area contributed by atoms with Gasteiger partial charge < -0.3 is 10.8 Å². The average molecular weight is 143 g/mol. The van der Waals surface area contributed by atoms with Crippen molar-refractivity contribution >= 4 is 5.97 Å². The molecule has 0 aliphatic heterocycles. The molecule has 3 N–H and O–H groups in total. The van der Waals surface area contributed by atoms with Gasteiger partial charge in [0.05, 0.1) is 5.92 Å². The van der Waals surface area contributed by atoms with E-state index in [1.807, 2.05) is 0 Å². The minimum Gasteiger partial charge on any atom is -0.481 e. The molecular weight excluding hydrogens is 130 g/mol. The summed E-state index contributed by atoms with van der Waals surface area (Å²) in [6.07, 6.45) is 3.27. The first-order valence-corrected chi connectivity index (χ1v) is 3.68. The van der Waals surface area contributed by atoms with E-state index in [0.29, 0.717) is 12.5 Å². The summed E-state index contributed by atoms with van der Waals surface area (Å²) in [5.74, 6) is -0.650. The predicted octanol–water partition coefficient (Wildman–Crippen LogP) is 0.446. The van der Waals surface area contributed by atoms with Gasteiger partial charge in [-0.15, -0.1) is 0 Å². The quantitative estimate of drug-likeness (QED) is 0.602. The van der Waals surface area contributed by atoms with Gasteiger partial charge in [-0.2, -0.15) is 0 Å². The lowest BCUT2D eigenvalue weighted by atomic mass is 9.76. The lowest BCUT2D eigenvalue weighted by Gasteiger charge is -2.30. The van der Waals surface area contributed by atoms with Crippen molar-refractivity contribution < 1.29 is 9.90 Å². The number of carboxylic acid groups (broad SMARTS) is 1. The molecule has 58 valence electrons. The first-order valence-electron chi connectivity index (χ1n) is 3.68. The summed E-state index contributed by atoms with van der Waals surface area (Å²) in [6.45, 7) is 0.292. The fraction of sp³-hybridized carbons (Fsp3) is 0.857. The summed E-state index contributed by atoms with van der Waals surface area (Å²) in [4.78, 5) is 10.5. The van der Waals surface area contributed by atoms with Crippen molar-refractivity contribution in [3.63, 3.8) is 0 Å². The van der Waals surface area contributed by atoms with Crippen LogP contribution in [0.3, 0.4) is 0 Å². The van der Waals surface area contributed by atoms with Crippen LogP contribution in [-0.4, -0.2) is 17.6 Å². The third-order valence-electron chi connectivity index (χ3n) is 2.29. The fourth-order valence-corrected chi connectivity index (χ4v) is 1.34. The highest BCUT2D eigenvalue weighted by molar-refractivity contribution is 5.70. The Morgan fingerprint density at radius 2 is 2.30 bits per heavy atom. The van der Waals surface area contributed by atoms with Gasteiger partial charge in [-0.25, -0.2) is 0 Å². The maximum Gasteiger partial charge on any atom is 0.308 e. The molecule has 1 aliphatic rings. The highest BCUT2D eigenvalue weighted by Gasteiger charge is 2.30. The predicted molar refractivity (Wildman–Crippen MR) is 37.5 cm³/mol. The highest BCUT2D eigenvalue weighted by Crippen LogP contribution is 2.32. The Kier molecular flexibility index (Phi) is 2.27. The van der Waals surface area contributed by atoms with Crippen molar-refractivity contribution in [2.75, 3.05) is 6.54 Å². The number of aliphatic carboxylic acids is 1. The van der Waals surface area contributed by atoms with Gasteiger partial charge in [0.15, 0.2) is 0 Å². The molecule has 1 rings (SSSR count). The minimum absolute atomic E-state index is 0.284. The Bertz CT molecular complexity index is 132. The zero-order valence-corrected chi connectivity index (χ0v) is 5.92. The second kappa shape index (κ2) is 3.01. The van der Waals surface area contributed by atoms with Crippen LogP contribution in [0.25, 0.3) is 0 Å². The molecule has 0 amide bonds. The molecule has 1 saturated carbocycles. The third kappa shape index (κ3) is 1.29. The van der Waals surface area contributed by atoms with Crippen molar-refractivity contribution in [2.45, 2.75) is 19.3 Å². The SMILES string of the molecule is NC[C@H](C(=O)O)C1CCC1. The molecule has 0 bridgehead atoms. The van der Waals surface area contributed by atoms with Crippen LogP contribution in [0.15, 0.2) is 0 Å². The van der Waals surface area contributed by atoms with Crippen LogP contribution in [0.2, 0.25) is 0 Å². The normalized spacial score (nSPS) is 21.7. The summed E-state index contributed by atoms with van der Waals surface area (Å²) in [6, 6.07) is 0. The molecule has 1 atom stereocenters. The maximum atomic E-state index is 10.5. The Balaban J connectivity index is 2.39. The smallest absolute Gasteiger partial charge is 0.308 e. The molecule has 3 nitrogen and oxygen atoms in total. The van der Waals surface area contributed by atoms with Gasteiger partial charge in [-0.1, -0.05) is 6.42 Å². The van der Waals surface area contributed by atoms with Crippen LogP contribution < -0.4 is 5.73 Å². The van der Waals surface area contributed by atoms with Crippen molar-refractivity contribution in [1.29, 1.82) is 0 Å². The number of nitrogens with two attached hydrogens (primary N) is 1. The monoisotopic (exact) mass is 143 g/mol. The molecule has 0 unspecified atom stereocenters. The number of carboxylic acids is 1. The van der Waals surface area contributed by atoms with Gasteiger partial charge in [0.1, 0.15) is 0 Å². The summed E-state index contributed by atoms with van der Waals surface area (Å²) in [5, 5.41) is 8.63. The van der Waals surface area contributed by atoms with Gasteiger partial charge in [-0.05, 0) is 18.8 Å². The summed E-state index contributed by atoms with van der Waals surface area (Å²) in [5.41, 5.74) is 5.30. The van der Waals surface area contributed by atoms with Gasteiger partial charge in [0, 0.05) is 6.54 Å². The zero-order valence-electron chi connectivity index (χ0n) is 5.92. The molecule has 3 heteroatoms. The van der Waals surface area contributed by atoms with E-state index in [1.54, 1.807) is 0 Å². The van der Waals surface area contributed by atoms with Crippen LogP contribution in [-0.2, 0) is 4.79 Å². The van der Waals surface area contributed by atoms with Gasteiger partial charge >= 0.3 is 5.97 Å². The largest absolute Gasteiger partial charge is 0.481 e. The van der Waals surface area contributed by atoms with Crippen LogP contribution in [0.1, 0.15) is 19.3 Å². The summed E-state index contributed by atoms with van der Waals surface area (Å²) >= 11 is 0. The molecular formula is C7H13NO2. The van der Waals surface area contributed by atoms with E-state index in [1.165, 1.54) is 6.42 Å². The first kappa shape index (κ1) is 7.54. The van der Waals surface area contributed by atoms with E-state index >= 15 is 0 Å². The molecule has 0 aromatic carbocycles. The van der Waals surface area contributed by atoms with E-state index in [4.69, 9.17) is 10.8 Å². The Labute approximate surface area is 60.2 Å². The minimum atomic E-state index is -0.729. The second-order valence-corrected chi connectivity index (χ2v) is 2.87. The molecule has 0 spiro atoms. The van der Waals surface area contributed by atoms with Crippen molar-refractivity contribution in [3.05, 3.63) is 0 Å². The number of carbonyl (C=O) groups is 1. The fourth-order valence-electron chi connectivity index (χ4n) is 1.34. The molecule has 0 aromatic heterocycles. The lowest BCUT2D eigenvalue weighted by molar-refractivity contribution is -0.144. The standard InChI is InChI=1S/C7H13NO2/c8-4-6(7(9)10)5-2-1-3-5/h5-6H,1-4,8H2,(H,9,10)/t6-/m0/s1. The number of hydrogen-bond donors (Lipinski definition) is 2. The highest BCUT2D eigenvalue weighted by atomic mass is 16.4. The summed E-state index contributed by atoms with van der Waals surface area (Å²) in [7, 11) is 0. The van der Waals surface area contributed by atoms with E-state index in [2.05, 4.69) is 0 Å². The first-order chi connectivity index (χ1) is 4.75. The van der Waals surface area contributed by atoms with Crippen LogP contribution >= 0.6 is 0 Å². The van der Waals surface area contributed by atoms with E-state index in [0.717, 1.165) is 12.8 Å². The molecule has 0 radical (unpaired) electrons. The Morgan fingerprint density at radius 1 is 1.70 bits per heavy atom. The van der Waals surface area contributed by atoms with Gasteiger partial charge in [0.2, 0.25) is 0 Å². The van der Waals surface area contributed by atoms with E-state index < -0.39 is 5.97 Å². The number of rotatable bonds is 3. The lowest BCUT2D eigenvalue weighted by Crippen LogP contribution is -2.34. The maximum absolute atomic E-state index is 10.5. The topological polar surface area (TPSA) is 63.3 Å². The Hall–Kier alpha value is -0.570. The van der Waals surface area contributed by atoms with Crippen LogP contribution in [0.4, 0.5) is 0 Å². The molecule has 10 heavy (non-hydrogen) atoms. The van der Waals surface area contributed by atoms with Gasteiger partial charge in [0.25, 0.3) is 0 Å². The summed E-state index contributed by atoms with van der Waals surface area (Å²) < 4.78 is 0. The molecule has 0 aromatic rings.